The van der Waals surface area contributed by atoms with Crippen molar-refractivity contribution in [2.75, 3.05) is 23.9 Å². The van der Waals surface area contributed by atoms with Crippen LogP contribution >= 0.6 is 0 Å². The van der Waals surface area contributed by atoms with E-state index < -0.39 is 11.8 Å². The second-order valence-electron chi connectivity index (χ2n) is 7.77. The highest BCUT2D eigenvalue weighted by Gasteiger charge is 2.41. The molecule has 0 aromatic heterocycles. The van der Waals surface area contributed by atoms with E-state index in [0.717, 1.165) is 16.9 Å². The minimum absolute atomic E-state index is 0.202. The summed E-state index contributed by atoms with van der Waals surface area (Å²) in [6, 6.07) is 20.1. The summed E-state index contributed by atoms with van der Waals surface area (Å²) in [6.07, 6.45) is 0. The maximum absolute atomic E-state index is 13.7. The number of imide groups is 1. The van der Waals surface area contributed by atoms with Crippen molar-refractivity contribution >= 4 is 28.8 Å². The maximum atomic E-state index is 13.7. The largest absolute Gasteiger partial charge is 0.496 e. The van der Waals surface area contributed by atoms with Crippen molar-refractivity contribution in [3.05, 3.63) is 89.1 Å². The molecule has 0 atom stereocenters. The summed E-state index contributed by atoms with van der Waals surface area (Å²) in [4.78, 5) is 28.6. The standard InChI is InChI=1S/C27H26N2O4/c1-5-33-20-13-11-19(12-14-20)28-25-24(21-8-6-7-9-23(21)32-4)26(30)29(27(25)31)22-15-10-17(2)16-18(22)3/h6-16,28H,5H2,1-4H3. The minimum Gasteiger partial charge on any atom is -0.496 e. The smallest absolute Gasteiger partial charge is 0.282 e. The number of anilines is 2. The Kier molecular flexibility index (Phi) is 6.18. The molecule has 1 aliphatic rings. The number of carbonyl (C=O) groups is 2. The molecule has 168 valence electrons. The first kappa shape index (κ1) is 22.1. The predicted octanol–water partition coefficient (Wildman–Crippen LogP) is 5.11. The summed E-state index contributed by atoms with van der Waals surface area (Å²) in [7, 11) is 1.54. The van der Waals surface area contributed by atoms with Gasteiger partial charge in [-0.1, -0.05) is 35.9 Å². The first-order chi connectivity index (χ1) is 15.9. The summed E-state index contributed by atoms with van der Waals surface area (Å²) in [5, 5.41) is 3.18. The van der Waals surface area contributed by atoms with Gasteiger partial charge in [-0.2, -0.15) is 0 Å². The van der Waals surface area contributed by atoms with Crippen LogP contribution in [0.1, 0.15) is 23.6 Å². The van der Waals surface area contributed by atoms with Gasteiger partial charge in [0.15, 0.2) is 0 Å². The van der Waals surface area contributed by atoms with E-state index in [-0.39, 0.29) is 11.3 Å². The van der Waals surface area contributed by atoms with Gasteiger partial charge < -0.3 is 14.8 Å². The molecular formula is C27H26N2O4. The van der Waals surface area contributed by atoms with Crippen LogP contribution in [0.15, 0.2) is 72.4 Å². The van der Waals surface area contributed by atoms with Crippen LogP contribution in [0, 0.1) is 13.8 Å². The highest BCUT2D eigenvalue weighted by molar-refractivity contribution is 6.46. The monoisotopic (exact) mass is 442 g/mol. The molecule has 0 aliphatic carbocycles. The highest BCUT2D eigenvalue weighted by Crippen LogP contribution is 2.38. The van der Waals surface area contributed by atoms with Gasteiger partial charge >= 0.3 is 0 Å². The number of nitrogens with one attached hydrogen (secondary N) is 1. The molecular weight excluding hydrogens is 416 g/mol. The van der Waals surface area contributed by atoms with Gasteiger partial charge in [0, 0.05) is 11.3 Å². The van der Waals surface area contributed by atoms with E-state index >= 15 is 0 Å². The van der Waals surface area contributed by atoms with Crippen molar-refractivity contribution in [3.8, 4) is 11.5 Å². The zero-order chi connectivity index (χ0) is 23.5. The van der Waals surface area contributed by atoms with E-state index in [1.54, 1.807) is 25.3 Å². The van der Waals surface area contributed by atoms with Crippen molar-refractivity contribution in [2.45, 2.75) is 20.8 Å². The van der Waals surface area contributed by atoms with Gasteiger partial charge in [-0.05, 0) is 62.7 Å². The van der Waals surface area contributed by atoms with Gasteiger partial charge in [0.1, 0.15) is 17.2 Å². The van der Waals surface area contributed by atoms with E-state index in [0.29, 0.717) is 29.3 Å². The van der Waals surface area contributed by atoms with Gasteiger partial charge in [-0.15, -0.1) is 0 Å². The molecule has 33 heavy (non-hydrogen) atoms. The molecule has 0 radical (unpaired) electrons. The zero-order valence-electron chi connectivity index (χ0n) is 19.1. The van der Waals surface area contributed by atoms with Crippen LogP contribution in [0.3, 0.4) is 0 Å². The number of nitrogens with zero attached hydrogens (tertiary/aromatic N) is 1. The predicted molar refractivity (Wildman–Crippen MR) is 130 cm³/mol. The topological polar surface area (TPSA) is 67.9 Å². The number of benzene rings is 3. The Labute approximate surface area is 193 Å². The molecule has 0 saturated heterocycles. The van der Waals surface area contributed by atoms with E-state index in [2.05, 4.69) is 5.32 Å². The van der Waals surface area contributed by atoms with Crippen LogP contribution in [0.5, 0.6) is 11.5 Å². The Hall–Kier alpha value is -4.06. The molecule has 6 heteroatoms. The fourth-order valence-electron chi connectivity index (χ4n) is 3.97. The number of hydrogen-bond donors (Lipinski definition) is 1. The third-order valence-corrected chi connectivity index (χ3v) is 5.49. The number of carbonyl (C=O) groups excluding carboxylic acids is 2. The van der Waals surface area contributed by atoms with E-state index in [4.69, 9.17) is 9.47 Å². The third kappa shape index (κ3) is 4.20. The molecule has 0 bridgehead atoms. The number of aryl methyl sites for hydroxylation is 2. The molecule has 2 amide bonds. The van der Waals surface area contributed by atoms with Gasteiger partial charge in [0.25, 0.3) is 11.8 Å². The third-order valence-electron chi connectivity index (χ3n) is 5.49. The molecule has 3 aromatic rings. The summed E-state index contributed by atoms with van der Waals surface area (Å²) >= 11 is 0. The molecule has 6 nitrogen and oxygen atoms in total. The molecule has 1 heterocycles. The van der Waals surface area contributed by atoms with Crippen molar-refractivity contribution < 1.29 is 19.1 Å². The van der Waals surface area contributed by atoms with Crippen LogP contribution in [0.25, 0.3) is 5.57 Å². The zero-order valence-corrected chi connectivity index (χ0v) is 19.1. The minimum atomic E-state index is -0.415. The second kappa shape index (κ2) is 9.20. The molecule has 1 aliphatic heterocycles. The molecule has 0 fully saturated rings. The van der Waals surface area contributed by atoms with Crippen molar-refractivity contribution in [1.29, 1.82) is 0 Å². The molecule has 0 saturated carbocycles. The summed E-state index contributed by atoms with van der Waals surface area (Å²) in [5.41, 5.74) is 4.16. The normalized spacial score (nSPS) is 13.5. The van der Waals surface area contributed by atoms with Gasteiger partial charge in [0.2, 0.25) is 0 Å². The lowest BCUT2D eigenvalue weighted by molar-refractivity contribution is -0.120. The van der Waals surface area contributed by atoms with E-state index in [1.165, 1.54) is 4.90 Å². The number of rotatable bonds is 7. The summed E-state index contributed by atoms with van der Waals surface area (Å²) < 4.78 is 11.0. The Morgan fingerprint density at radius 1 is 0.909 bits per heavy atom. The van der Waals surface area contributed by atoms with Crippen molar-refractivity contribution in [2.24, 2.45) is 0 Å². The van der Waals surface area contributed by atoms with Gasteiger partial charge in [-0.3, -0.25) is 9.59 Å². The molecule has 4 rings (SSSR count). The van der Waals surface area contributed by atoms with E-state index in [1.807, 2.05) is 69.3 Å². The van der Waals surface area contributed by atoms with Crippen molar-refractivity contribution in [3.63, 3.8) is 0 Å². The fraction of sp³-hybridized carbons (Fsp3) is 0.185. The van der Waals surface area contributed by atoms with Crippen molar-refractivity contribution in [1.82, 2.24) is 0 Å². The Bertz CT molecular complexity index is 1250. The lowest BCUT2D eigenvalue weighted by atomic mass is 10.0. The number of para-hydroxylation sites is 1. The van der Waals surface area contributed by atoms with Gasteiger partial charge in [-0.25, -0.2) is 4.90 Å². The van der Waals surface area contributed by atoms with Crippen LogP contribution in [-0.4, -0.2) is 25.5 Å². The van der Waals surface area contributed by atoms with Crippen LogP contribution in [0.4, 0.5) is 11.4 Å². The second-order valence-corrected chi connectivity index (χ2v) is 7.77. The first-order valence-corrected chi connectivity index (χ1v) is 10.8. The first-order valence-electron chi connectivity index (χ1n) is 10.8. The van der Waals surface area contributed by atoms with Crippen LogP contribution < -0.4 is 19.7 Å². The van der Waals surface area contributed by atoms with Crippen LogP contribution in [0.2, 0.25) is 0 Å². The van der Waals surface area contributed by atoms with E-state index in [9.17, 15) is 9.59 Å². The molecule has 3 aromatic carbocycles. The van der Waals surface area contributed by atoms with Gasteiger partial charge in [0.05, 0.1) is 25.0 Å². The number of ether oxygens (including phenoxy) is 2. The Morgan fingerprint density at radius 3 is 2.30 bits per heavy atom. The number of amides is 2. The summed E-state index contributed by atoms with van der Waals surface area (Å²) in [6.45, 7) is 6.35. The summed E-state index contributed by atoms with van der Waals surface area (Å²) in [5.74, 6) is 0.432. The number of hydrogen-bond acceptors (Lipinski definition) is 5. The fourth-order valence-corrected chi connectivity index (χ4v) is 3.97. The maximum Gasteiger partial charge on any atom is 0.282 e. The highest BCUT2D eigenvalue weighted by atomic mass is 16.5. The lowest BCUT2D eigenvalue weighted by Crippen LogP contribution is -2.33. The SMILES string of the molecule is CCOc1ccc(NC2=C(c3ccccc3OC)C(=O)N(c3ccc(C)cc3C)C2=O)cc1. The molecule has 0 unspecified atom stereocenters. The quantitative estimate of drug-likeness (QED) is 0.515. The average molecular weight is 443 g/mol. The lowest BCUT2D eigenvalue weighted by Gasteiger charge is -2.18. The molecule has 0 spiro atoms. The Balaban J connectivity index is 1.82. The Morgan fingerprint density at radius 2 is 1.64 bits per heavy atom. The van der Waals surface area contributed by atoms with Crippen LogP contribution in [-0.2, 0) is 9.59 Å². The molecule has 1 N–H and O–H groups in total. The average Bonchev–Trinajstić information content (AvgIpc) is 3.04. The number of methoxy groups -OCH3 is 1.